The number of ether oxygens (including phenoxy) is 1. The molecule has 1 heterocycles. The predicted octanol–water partition coefficient (Wildman–Crippen LogP) is 1.22. The molecule has 0 amide bonds. The largest absolute Gasteiger partial charge is 0.368 e. The third-order valence-corrected chi connectivity index (χ3v) is 3.55. The quantitative estimate of drug-likeness (QED) is 0.378. The van der Waals surface area contributed by atoms with Gasteiger partial charge >= 0.3 is 0 Å². The van der Waals surface area contributed by atoms with Crippen molar-refractivity contribution in [1.29, 1.82) is 0 Å². The molecule has 0 bridgehead atoms. The van der Waals surface area contributed by atoms with Crippen molar-refractivity contribution in [3.63, 3.8) is 0 Å². The molecule has 17 heavy (non-hydrogen) atoms. The summed E-state index contributed by atoms with van der Waals surface area (Å²) in [6.07, 6.45) is -0.357. The number of nitro benzene ring substituents is 1. The first-order chi connectivity index (χ1) is 7.82. The summed E-state index contributed by atoms with van der Waals surface area (Å²) in [7, 11) is -4.46. The van der Waals surface area contributed by atoms with Gasteiger partial charge in [-0.05, 0) is 19.1 Å². The van der Waals surface area contributed by atoms with Gasteiger partial charge in [0.1, 0.15) is 11.0 Å². The van der Waals surface area contributed by atoms with E-state index in [0.29, 0.717) is 12.2 Å². The standard InChI is InChI=1S/C9H9NO6S/c1-5-8(17(13,14)15)3-2-6(7-4-16-7)9(5)10(11)12/h2-3,7H,4H2,1H3,(H,13,14,15). The summed E-state index contributed by atoms with van der Waals surface area (Å²) in [5, 5.41) is 10.9. The molecule has 1 aliphatic heterocycles. The summed E-state index contributed by atoms with van der Waals surface area (Å²) in [5.41, 5.74) is -0.0620. The molecule has 1 unspecified atom stereocenters. The molecule has 7 nitrogen and oxygen atoms in total. The van der Waals surface area contributed by atoms with E-state index in [9.17, 15) is 18.5 Å². The summed E-state index contributed by atoms with van der Waals surface area (Å²) in [5.74, 6) is 0. The maximum Gasteiger partial charge on any atom is 0.295 e. The molecule has 8 heteroatoms. The summed E-state index contributed by atoms with van der Waals surface area (Å²) >= 11 is 0. The van der Waals surface area contributed by atoms with Crippen LogP contribution in [0.4, 0.5) is 5.69 Å². The van der Waals surface area contributed by atoms with Gasteiger partial charge < -0.3 is 4.74 Å². The molecule has 0 spiro atoms. The van der Waals surface area contributed by atoms with Crippen molar-refractivity contribution in [2.24, 2.45) is 0 Å². The Morgan fingerprint density at radius 3 is 2.53 bits per heavy atom. The van der Waals surface area contributed by atoms with Crippen molar-refractivity contribution in [2.75, 3.05) is 6.61 Å². The van der Waals surface area contributed by atoms with Crippen LogP contribution in [0, 0.1) is 17.0 Å². The second-order valence-electron chi connectivity index (χ2n) is 3.68. The number of benzene rings is 1. The van der Waals surface area contributed by atoms with Crippen LogP contribution in [-0.4, -0.2) is 24.5 Å². The number of epoxide rings is 1. The van der Waals surface area contributed by atoms with Crippen LogP contribution >= 0.6 is 0 Å². The van der Waals surface area contributed by atoms with Crippen molar-refractivity contribution < 1.29 is 22.6 Å². The molecule has 1 saturated heterocycles. The van der Waals surface area contributed by atoms with Crippen LogP contribution in [0.3, 0.4) is 0 Å². The highest BCUT2D eigenvalue weighted by atomic mass is 32.2. The van der Waals surface area contributed by atoms with Crippen molar-refractivity contribution in [2.45, 2.75) is 17.9 Å². The third kappa shape index (κ3) is 2.14. The zero-order chi connectivity index (χ0) is 12.8. The first-order valence-electron chi connectivity index (χ1n) is 4.69. The lowest BCUT2D eigenvalue weighted by Gasteiger charge is -2.06. The van der Waals surface area contributed by atoms with Gasteiger partial charge in [0.2, 0.25) is 0 Å². The van der Waals surface area contributed by atoms with Gasteiger partial charge in [-0.3, -0.25) is 14.7 Å². The highest BCUT2D eigenvalue weighted by Gasteiger charge is 2.35. The summed E-state index contributed by atoms with van der Waals surface area (Å²) in [6.45, 7) is 1.67. The maximum atomic E-state index is 11.0. The van der Waals surface area contributed by atoms with Crippen LogP contribution < -0.4 is 0 Å². The molecule has 2 rings (SSSR count). The van der Waals surface area contributed by atoms with Gasteiger partial charge in [0.15, 0.2) is 0 Å². The molecule has 1 fully saturated rings. The van der Waals surface area contributed by atoms with E-state index in [4.69, 9.17) is 9.29 Å². The zero-order valence-corrected chi connectivity index (χ0v) is 9.60. The number of hydrogen-bond acceptors (Lipinski definition) is 5. The maximum absolute atomic E-state index is 11.0. The van der Waals surface area contributed by atoms with Gasteiger partial charge in [-0.1, -0.05) is 0 Å². The van der Waals surface area contributed by atoms with Crippen LogP contribution in [0.1, 0.15) is 17.2 Å². The molecule has 0 aromatic heterocycles. The Morgan fingerprint density at radius 2 is 2.12 bits per heavy atom. The van der Waals surface area contributed by atoms with Gasteiger partial charge in [0.25, 0.3) is 15.8 Å². The van der Waals surface area contributed by atoms with Crippen LogP contribution in [-0.2, 0) is 14.9 Å². The molecule has 92 valence electrons. The van der Waals surface area contributed by atoms with Gasteiger partial charge in [0.05, 0.1) is 17.1 Å². The molecule has 1 aromatic rings. The molecule has 0 saturated carbocycles. The van der Waals surface area contributed by atoms with Crippen LogP contribution in [0.15, 0.2) is 17.0 Å². The molecule has 1 aromatic carbocycles. The number of rotatable bonds is 3. The zero-order valence-electron chi connectivity index (χ0n) is 8.78. The fourth-order valence-corrected chi connectivity index (χ4v) is 2.44. The number of nitrogens with zero attached hydrogens (tertiary/aromatic N) is 1. The fraction of sp³-hybridized carbons (Fsp3) is 0.333. The lowest BCUT2D eigenvalue weighted by Crippen LogP contribution is -2.06. The van der Waals surface area contributed by atoms with Crippen LogP contribution in [0.5, 0.6) is 0 Å². The van der Waals surface area contributed by atoms with Crippen LogP contribution in [0.2, 0.25) is 0 Å². The minimum absolute atomic E-state index is 0.0782. The lowest BCUT2D eigenvalue weighted by molar-refractivity contribution is -0.386. The van der Waals surface area contributed by atoms with E-state index in [0.717, 1.165) is 6.07 Å². The van der Waals surface area contributed by atoms with E-state index >= 15 is 0 Å². The Hall–Kier alpha value is -1.51. The van der Waals surface area contributed by atoms with E-state index in [1.807, 2.05) is 0 Å². The third-order valence-electron chi connectivity index (χ3n) is 2.55. The van der Waals surface area contributed by atoms with Gasteiger partial charge in [-0.2, -0.15) is 8.42 Å². The predicted molar refractivity (Wildman–Crippen MR) is 56.3 cm³/mol. The Balaban J connectivity index is 2.70. The summed E-state index contributed by atoms with van der Waals surface area (Å²) in [4.78, 5) is 9.81. The van der Waals surface area contributed by atoms with Crippen LogP contribution in [0.25, 0.3) is 0 Å². The second kappa shape index (κ2) is 3.76. The Kier molecular flexibility index (Phi) is 2.64. The average Bonchev–Trinajstić information content (AvgIpc) is 2.97. The second-order valence-corrected chi connectivity index (χ2v) is 5.07. The van der Waals surface area contributed by atoms with Gasteiger partial charge in [-0.25, -0.2) is 0 Å². The minimum Gasteiger partial charge on any atom is -0.368 e. The average molecular weight is 259 g/mol. The SMILES string of the molecule is Cc1c(S(=O)(=O)O)ccc(C2CO2)c1[N+](=O)[O-]. The van der Waals surface area contributed by atoms with Crippen molar-refractivity contribution in [3.8, 4) is 0 Å². The first-order valence-corrected chi connectivity index (χ1v) is 6.13. The van der Waals surface area contributed by atoms with E-state index in [2.05, 4.69) is 0 Å². The number of nitro groups is 1. The molecular formula is C9H9NO6S. The fourth-order valence-electron chi connectivity index (χ4n) is 1.71. The highest BCUT2D eigenvalue weighted by molar-refractivity contribution is 7.85. The smallest absolute Gasteiger partial charge is 0.295 e. The van der Waals surface area contributed by atoms with E-state index in [-0.39, 0.29) is 17.4 Å². The number of hydrogen-bond donors (Lipinski definition) is 1. The minimum atomic E-state index is -4.46. The molecular weight excluding hydrogens is 250 g/mol. The Morgan fingerprint density at radius 1 is 1.53 bits per heavy atom. The lowest BCUT2D eigenvalue weighted by atomic mass is 10.1. The first kappa shape index (κ1) is 12.0. The van der Waals surface area contributed by atoms with Gasteiger partial charge in [0, 0.05) is 5.56 Å². The van der Waals surface area contributed by atoms with Crippen molar-refractivity contribution >= 4 is 15.8 Å². The summed E-state index contributed by atoms with van der Waals surface area (Å²) in [6, 6.07) is 2.45. The molecule has 0 aliphatic carbocycles. The molecule has 1 N–H and O–H groups in total. The highest BCUT2D eigenvalue weighted by Crippen LogP contribution is 2.39. The Bertz CT molecular complexity index is 590. The van der Waals surface area contributed by atoms with E-state index in [1.54, 1.807) is 0 Å². The van der Waals surface area contributed by atoms with E-state index < -0.39 is 19.9 Å². The molecule has 1 atom stereocenters. The van der Waals surface area contributed by atoms with E-state index in [1.165, 1.54) is 13.0 Å². The topological polar surface area (TPSA) is 110 Å². The van der Waals surface area contributed by atoms with Crippen molar-refractivity contribution in [1.82, 2.24) is 0 Å². The molecule has 1 aliphatic rings. The Labute approximate surface area is 96.9 Å². The summed E-state index contributed by atoms with van der Waals surface area (Å²) < 4.78 is 35.9. The monoisotopic (exact) mass is 259 g/mol. The van der Waals surface area contributed by atoms with Crippen molar-refractivity contribution in [3.05, 3.63) is 33.4 Å². The normalized spacial score (nSPS) is 19.1. The van der Waals surface area contributed by atoms with Gasteiger partial charge in [-0.15, -0.1) is 0 Å². The molecule has 0 radical (unpaired) electrons.